The van der Waals surface area contributed by atoms with Crippen molar-refractivity contribution in [2.24, 2.45) is 7.05 Å². The van der Waals surface area contributed by atoms with Gasteiger partial charge in [0.2, 0.25) is 5.91 Å². The minimum Gasteiger partial charge on any atom is -0.461 e. The number of nitrogens with zero attached hydrogens (tertiary/aromatic N) is 3. The van der Waals surface area contributed by atoms with Crippen molar-refractivity contribution in [3.8, 4) is 11.6 Å². The lowest BCUT2D eigenvalue weighted by atomic mass is 10.3. The molecular formula is C15H11BrF2N4O2S. The number of carbonyl (C=O) groups is 1. The van der Waals surface area contributed by atoms with Gasteiger partial charge in [-0.15, -0.1) is 10.2 Å². The Morgan fingerprint density at radius 1 is 1.40 bits per heavy atom. The summed E-state index contributed by atoms with van der Waals surface area (Å²) in [6.07, 6.45) is 1.53. The zero-order valence-electron chi connectivity index (χ0n) is 12.8. The van der Waals surface area contributed by atoms with Crippen LogP contribution in [0.2, 0.25) is 0 Å². The molecule has 0 spiro atoms. The summed E-state index contributed by atoms with van der Waals surface area (Å²) in [5.74, 6) is -0.985. The number of furan rings is 1. The third-order valence-corrected chi connectivity index (χ3v) is 4.83. The number of benzene rings is 1. The Morgan fingerprint density at radius 2 is 2.20 bits per heavy atom. The summed E-state index contributed by atoms with van der Waals surface area (Å²) in [5.41, 5.74) is -0.110. The summed E-state index contributed by atoms with van der Waals surface area (Å²) >= 11 is 4.15. The lowest BCUT2D eigenvalue weighted by Crippen LogP contribution is -2.16. The molecular weight excluding hydrogens is 418 g/mol. The van der Waals surface area contributed by atoms with Gasteiger partial charge in [0, 0.05) is 17.6 Å². The molecule has 0 aliphatic heterocycles. The Balaban J connectivity index is 1.66. The number of anilines is 1. The molecule has 0 saturated heterocycles. The van der Waals surface area contributed by atoms with Crippen molar-refractivity contribution in [1.82, 2.24) is 14.8 Å². The standard InChI is InChI=1S/C15H11BrF2N4O2S/c1-22-14(11-3-2-4-24-11)20-21-15(22)25-7-12(23)19-13-9(16)5-8(17)6-10(13)18/h2-6H,7H2,1H3,(H,19,23). The zero-order valence-corrected chi connectivity index (χ0v) is 15.2. The van der Waals surface area contributed by atoms with Gasteiger partial charge in [0.1, 0.15) is 5.82 Å². The quantitative estimate of drug-likeness (QED) is 0.624. The van der Waals surface area contributed by atoms with Crippen LogP contribution in [-0.2, 0) is 11.8 Å². The summed E-state index contributed by atoms with van der Waals surface area (Å²) in [6.45, 7) is 0. The van der Waals surface area contributed by atoms with Crippen molar-refractivity contribution < 1.29 is 18.0 Å². The van der Waals surface area contributed by atoms with Gasteiger partial charge in [0.25, 0.3) is 0 Å². The van der Waals surface area contributed by atoms with Crippen LogP contribution in [0.3, 0.4) is 0 Å². The highest BCUT2D eigenvalue weighted by Gasteiger charge is 2.16. The average molecular weight is 429 g/mol. The molecule has 0 radical (unpaired) electrons. The minimum absolute atomic E-state index is 0.0205. The van der Waals surface area contributed by atoms with Crippen LogP contribution in [0.25, 0.3) is 11.6 Å². The summed E-state index contributed by atoms with van der Waals surface area (Å²) in [6, 6.07) is 5.26. The molecule has 0 saturated carbocycles. The Hall–Kier alpha value is -2.20. The molecule has 0 unspecified atom stereocenters. The first-order valence-electron chi connectivity index (χ1n) is 6.96. The van der Waals surface area contributed by atoms with E-state index in [1.807, 2.05) is 0 Å². The highest BCUT2D eigenvalue weighted by atomic mass is 79.9. The maximum Gasteiger partial charge on any atom is 0.234 e. The third-order valence-electron chi connectivity index (χ3n) is 3.18. The van der Waals surface area contributed by atoms with Crippen LogP contribution in [0.15, 0.2) is 44.6 Å². The molecule has 6 nitrogen and oxygen atoms in total. The fourth-order valence-electron chi connectivity index (χ4n) is 2.03. The maximum atomic E-state index is 13.7. The second-order valence-electron chi connectivity index (χ2n) is 4.92. The summed E-state index contributed by atoms with van der Waals surface area (Å²) in [4.78, 5) is 12.0. The third kappa shape index (κ3) is 3.90. The molecule has 1 amide bonds. The van der Waals surface area contributed by atoms with Gasteiger partial charge in [-0.3, -0.25) is 4.79 Å². The second kappa shape index (κ2) is 7.36. The van der Waals surface area contributed by atoms with E-state index in [1.165, 1.54) is 6.26 Å². The molecule has 25 heavy (non-hydrogen) atoms. The van der Waals surface area contributed by atoms with Crippen LogP contribution in [-0.4, -0.2) is 26.4 Å². The molecule has 0 bridgehead atoms. The van der Waals surface area contributed by atoms with E-state index in [0.717, 1.165) is 17.8 Å². The van der Waals surface area contributed by atoms with E-state index in [2.05, 4.69) is 31.4 Å². The molecule has 1 N–H and O–H groups in total. The van der Waals surface area contributed by atoms with Gasteiger partial charge >= 0.3 is 0 Å². The maximum absolute atomic E-state index is 13.7. The first-order chi connectivity index (χ1) is 12.0. The molecule has 3 aromatic rings. The molecule has 0 fully saturated rings. The van der Waals surface area contributed by atoms with Gasteiger partial charge in [-0.05, 0) is 34.1 Å². The average Bonchev–Trinajstić information content (AvgIpc) is 3.18. The van der Waals surface area contributed by atoms with Gasteiger partial charge < -0.3 is 14.3 Å². The fourth-order valence-corrected chi connectivity index (χ4v) is 3.25. The highest BCUT2D eigenvalue weighted by Crippen LogP contribution is 2.28. The van der Waals surface area contributed by atoms with E-state index >= 15 is 0 Å². The van der Waals surface area contributed by atoms with E-state index < -0.39 is 17.5 Å². The minimum atomic E-state index is -0.857. The second-order valence-corrected chi connectivity index (χ2v) is 6.72. The molecule has 2 aromatic heterocycles. The number of halogens is 3. The van der Waals surface area contributed by atoms with Gasteiger partial charge in [-0.1, -0.05) is 11.8 Å². The van der Waals surface area contributed by atoms with Crippen molar-refractivity contribution >= 4 is 39.3 Å². The molecule has 0 aliphatic carbocycles. The van der Waals surface area contributed by atoms with Gasteiger partial charge in [-0.25, -0.2) is 8.78 Å². The summed E-state index contributed by atoms with van der Waals surface area (Å²) in [7, 11) is 1.74. The van der Waals surface area contributed by atoms with Gasteiger partial charge in [-0.2, -0.15) is 0 Å². The van der Waals surface area contributed by atoms with Crippen LogP contribution < -0.4 is 5.32 Å². The molecule has 0 aliphatic rings. The van der Waals surface area contributed by atoms with E-state index in [-0.39, 0.29) is 15.9 Å². The SMILES string of the molecule is Cn1c(SCC(=O)Nc2c(F)cc(F)cc2Br)nnc1-c1ccco1. The molecule has 130 valence electrons. The molecule has 10 heteroatoms. The van der Waals surface area contributed by atoms with Crippen LogP contribution >= 0.6 is 27.7 Å². The fraction of sp³-hybridized carbons (Fsp3) is 0.133. The summed E-state index contributed by atoms with van der Waals surface area (Å²) in [5, 5.41) is 10.9. The summed E-state index contributed by atoms with van der Waals surface area (Å²) < 4.78 is 33.9. The molecule has 3 rings (SSSR count). The smallest absolute Gasteiger partial charge is 0.234 e. The number of nitrogens with one attached hydrogen (secondary N) is 1. The van der Waals surface area contributed by atoms with Crippen molar-refractivity contribution in [1.29, 1.82) is 0 Å². The predicted molar refractivity (Wildman–Crippen MR) is 92.1 cm³/mol. The lowest BCUT2D eigenvalue weighted by Gasteiger charge is -2.08. The highest BCUT2D eigenvalue weighted by molar-refractivity contribution is 9.10. The first kappa shape index (κ1) is 17.6. The number of amides is 1. The van der Waals surface area contributed by atoms with Gasteiger partial charge in [0.05, 0.1) is 17.7 Å². The Bertz CT molecular complexity index is 891. The van der Waals surface area contributed by atoms with E-state index in [4.69, 9.17) is 4.42 Å². The first-order valence-corrected chi connectivity index (χ1v) is 8.74. The monoisotopic (exact) mass is 428 g/mol. The largest absolute Gasteiger partial charge is 0.461 e. The van der Waals surface area contributed by atoms with Crippen LogP contribution in [0.4, 0.5) is 14.5 Å². The Kier molecular flexibility index (Phi) is 5.19. The van der Waals surface area contributed by atoms with Crippen molar-refractivity contribution in [3.05, 3.63) is 46.6 Å². The number of carbonyl (C=O) groups excluding carboxylic acids is 1. The molecule has 0 atom stereocenters. The van der Waals surface area contributed by atoms with E-state index in [9.17, 15) is 13.6 Å². The van der Waals surface area contributed by atoms with E-state index in [0.29, 0.717) is 22.8 Å². The van der Waals surface area contributed by atoms with E-state index in [1.54, 1.807) is 23.7 Å². The van der Waals surface area contributed by atoms with Crippen molar-refractivity contribution in [3.63, 3.8) is 0 Å². The van der Waals surface area contributed by atoms with Gasteiger partial charge in [0.15, 0.2) is 22.6 Å². The van der Waals surface area contributed by atoms with Crippen LogP contribution in [0.1, 0.15) is 0 Å². The van der Waals surface area contributed by atoms with Crippen molar-refractivity contribution in [2.75, 3.05) is 11.1 Å². The number of hydrogen-bond acceptors (Lipinski definition) is 5. The Labute approximate surface area is 153 Å². The van der Waals surface area contributed by atoms with Crippen LogP contribution in [0.5, 0.6) is 0 Å². The predicted octanol–water partition coefficient (Wildman–Crippen LogP) is 3.85. The number of rotatable bonds is 5. The number of hydrogen-bond donors (Lipinski definition) is 1. The molecule has 1 aromatic carbocycles. The normalized spacial score (nSPS) is 10.9. The number of aromatic nitrogens is 3. The zero-order chi connectivity index (χ0) is 18.0. The topological polar surface area (TPSA) is 73.0 Å². The number of thioether (sulfide) groups is 1. The molecule has 2 heterocycles. The van der Waals surface area contributed by atoms with Crippen molar-refractivity contribution in [2.45, 2.75) is 5.16 Å². The lowest BCUT2D eigenvalue weighted by molar-refractivity contribution is -0.113. The Morgan fingerprint density at radius 3 is 2.88 bits per heavy atom. The van der Waals surface area contributed by atoms with Crippen LogP contribution in [0, 0.1) is 11.6 Å².